The average Bonchev–Trinajstić information content (AvgIpc) is 3.42. The van der Waals surface area contributed by atoms with Crippen molar-refractivity contribution in [3.05, 3.63) is 126 Å². The molecule has 0 aliphatic heterocycles. The number of hydrogen-bond donors (Lipinski definition) is 4. The zero-order valence-electron chi connectivity index (χ0n) is 26.7. The number of carbonyl (C=O) groups is 3. The number of para-hydroxylation sites is 1. The van der Waals surface area contributed by atoms with Crippen LogP contribution >= 0.6 is 0 Å². The number of hydrogen-bond acceptors (Lipinski definition) is 4. The highest BCUT2D eigenvalue weighted by Gasteiger charge is 2.21. The van der Waals surface area contributed by atoms with Crippen LogP contribution in [0.2, 0.25) is 0 Å². The van der Waals surface area contributed by atoms with E-state index in [0.29, 0.717) is 17.9 Å². The molecule has 0 saturated carbocycles. The molecule has 1 heterocycles. The molecule has 3 amide bonds. The summed E-state index contributed by atoms with van der Waals surface area (Å²) in [4.78, 5) is 40.3. The molecule has 8 heteroatoms. The first-order valence-corrected chi connectivity index (χ1v) is 15.9. The fraction of sp³-hybridized carbons (Fsp3) is 0.154. The van der Waals surface area contributed by atoms with Gasteiger partial charge in [-0.25, -0.2) is 0 Å². The Kier molecular flexibility index (Phi) is 9.02. The van der Waals surface area contributed by atoms with Crippen molar-refractivity contribution < 1.29 is 14.4 Å². The SMILES string of the molecule is CCNC(=O)c1cc(C(=O)Nc2ccc(NCC)c(-c3ccccc3)c2)ccc1C(=O)Nc1ccc2c(c1)c1ccccc1n2CC. The van der Waals surface area contributed by atoms with Crippen molar-refractivity contribution in [2.24, 2.45) is 0 Å². The van der Waals surface area contributed by atoms with Gasteiger partial charge in [0.15, 0.2) is 0 Å². The van der Waals surface area contributed by atoms with E-state index in [9.17, 15) is 14.4 Å². The fourth-order valence-corrected chi connectivity index (χ4v) is 6.02. The highest BCUT2D eigenvalue weighted by atomic mass is 16.2. The lowest BCUT2D eigenvalue weighted by Crippen LogP contribution is -2.27. The number of rotatable bonds is 10. The van der Waals surface area contributed by atoms with E-state index in [4.69, 9.17) is 0 Å². The first kappa shape index (κ1) is 31.1. The molecule has 1 aromatic heterocycles. The summed E-state index contributed by atoms with van der Waals surface area (Å²) in [6.45, 7) is 7.89. The molecule has 6 aromatic rings. The molecule has 4 N–H and O–H groups in total. The predicted octanol–water partition coefficient (Wildman–Crippen LogP) is 8.17. The van der Waals surface area contributed by atoms with Crippen LogP contribution in [0.5, 0.6) is 0 Å². The summed E-state index contributed by atoms with van der Waals surface area (Å²) in [5.41, 5.74) is 6.91. The van der Waals surface area contributed by atoms with E-state index in [1.165, 1.54) is 12.1 Å². The smallest absolute Gasteiger partial charge is 0.256 e. The lowest BCUT2D eigenvalue weighted by Gasteiger charge is -2.15. The van der Waals surface area contributed by atoms with Gasteiger partial charge in [-0.1, -0.05) is 48.5 Å². The van der Waals surface area contributed by atoms with Crippen LogP contribution in [0.25, 0.3) is 32.9 Å². The van der Waals surface area contributed by atoms with Gasteiger partial charge in [0, 0.05) is 69.6 Å². The van der Waals surface area contributed by atoms with Crippen molar-refractivity contribution in [1.82, 2.24) is 9.88 Å². The Morgan fingerprint density at radius 3 is 2.06 bits per heavy atom. The van der Waals surface area contributed by atoms with E-state index < -0.39 is 17.7 Å². The molecule has 0 atom stereocenters. The topological polar surface area (TPSA) is 104 Å². The van der Waals surface area contributed by atoms with Crippen molar-refractivity contribution in [2.75, 3.05) is 29.0 Å². The van der Waals surface area contributed by atoms with Crippen LogP contribution in [0.15, 0.2) is 109 Å². The second-order valence-electron chi connectivity index (χ2n) is 11.2. The Hall–Kier alpha value is -5.89. The lowest BCUT2D eigenvalue weighted by atomic mass is 10.0. The molecule has 47 heavy (non-hydrogen) atoms. The molecule has 5 aromatic carbocycles. The van der Waals surface area contributed by atoms with Crippen molar-refractivity contribution >= 4 is 56.6 Å². The van der Waals surface area contributed by atoms with E-state index in [0.717, 1.165) is 51.7 Å². The number of aryl methyl sites for hydroxylation is 1. The standard InChI is InChI=1S/C39H37N5O3/c1-4-40-34-20-17-27(23-31(34)25-12-8-7-9-13-25)42-37(45)26-16-19-30(33(22-26)38(46)41-5-2)39(47)43-28-18-21-36-32(24-28)29-14-10-11-15-35(29)44(36)6-3/h7-24,40H,4-6H2,1-3H3,(H,41,46)(H,42,45)(H,43,47). The van der Waals surface area contributed by atoms with Crippen molar-refractivity contribution in [3.8, 4) is 11.1 Å². The highest BCUT2D eigenvalue weighted by Crippen LogP contribution is 2.32. The third-order valence-corrected chi connectivity index (χ3v) is 8.18. The zero-order chi connectivity index (χ0) is 32.9. The average molecular weight is 624 g/mol. The Morgan fingerprint density at radius 1 is 0.596 bits per heavy atom. The Balaban J connectivity index is 1.28. The Morgan fingerprint density at radius 2 is 1.30 bits per heavy atom. The zero-order valence-corrected chi connectivity index (χ0v) is 26.7. The van der Waals surface area contributed by atoms with Crippen molar-refractivity contribution in [3.63, 3.8) is 0 Å². The number of aromatic nitrogens is 1. The van der Waals surface area contributed by atoms with Gasteiger partial charge in [0.05, 0.1) is 11.1 Å². The van der Waals surface area contributed by atoms with Gasteiger partial charge in [0.1, 0.15) is 0 Å². The lowest BCUT2D eigenvalue weighted by molar-refractivity contribution is 0.0942. The van der Waals surface area contributed by atoms with Gasteiger partial charge in [-0.15, -0.1) is 0 Å². The van der Waals surface area contributed by atoms with Gasteiger partial charge in [0.25, 0.3) is 17.7 Å². The van der Waals surface area contributed by atoms with Crippen molar-refractivity contribution in [1.29, 1.82) is 0 Å². The van der Waals surface area contributed by atoms with Crippen LogP contribution in [0.3, 0.4) is 0 Å². The summed E-state index contributed by atoms with van der Waals surface area (Å²) < 4.78 is 2.24. The van der Waals surface area contributed by atoms with Gasteiger partial charge in [-0.2, -0.15) is 0 Å². The molecule has 0 radical (unpaired) electrons. The van der Waals surface area contributed by atoms with E-state index in [1.54, 1.807) is 13.0 Å². The molecule has 6 rings (SSSR count). The van der Waals surface area contributed by atoms with Crippen LogP contribution in [-0.4, -0.2) is 35.4 Å². The third kappa shape index (κ3) is 6.31. The van der Waals surface area contributed by atoms with Crippen LogP contribution in [0.4, 0.5) is 17.1 Å². The number of nitrogens with zero attached hydrogens (tertiary/aromatic N) is 1. The minimum absolute atomic E-state index is 0.119. The maximum Gasteiger partial charge on any atom is 0.256 e. The van der Waals surface area contributed by atoms with E-state index >= 15 is 0 Å². The fourth-order valence-electron chi connectivity index (χ4n) is 6.02. The summed E-state index contributed by atoms with van der Waals surface area (Å²) in [5.74, 6) is -1.27. The summed E-state index contributed by atoms with van der Waals surface area (Å²) in [6, 6.07) is 34.2. The molecule has 0 fully saturated rings. The van der Waals surface area contributed by atoms with Gasteiger partial charge >= 0.3 is 0 Å². The summed E-state index contributed by atoms with van der Waals surface area (Å²) >= 11 is 0. The second kappa shape index (κ2) is 13.6. The van der Waals surface area contributed by atoms with Crippen LogP contribution in [-0.2, 0) is 6.54 Å². The molecule has 0 spiro atoms. The quantitative estimate of drug-likeness (QED) is 0.124. The van der Waals surface area contributed by atoms with E-state index in [2.05, 4.69) is 44.9 Å². The summed E-state index contributed by atoms with van der Waals surface area (Å²) in [7, 11) is 0. The van der Waals surface area contributed by atoms with Gasteiger partial charge in [-0.3, -0.25) is 14.4 Å². The number of carbonyl (C=O) groups excluding carboxylic acids is 3. The largest absolute Gasteiger partial charge is 0.385 e. The van der Waals surface area contributed by atoms with Gasteiger partial charge in [-0.05, 0) is 87.0 Å². The monoisotopic (exact) mass is 623 g/mol. The third-order valence-electron chi connectivity index (χ3n) is 8.18. The first-order chi connectivity index (χ1) is 22.9. The maximum atomic E-state index is 13.6. The molecule has 236 valence electrons. The van der Waals surface area contributed by atoms with E-state index in [-0.39, 0.29) is 16.7 Å². The molecule has 0 unspecified atom stereocenters. The summed E-state index contributed by atoms with van der Waals surface area (Å²) in [6.07, 6.45) is 0. The molecule has 0 bridgehead atoms. The van der Waals surface area contributed by atoms with Gasteiger partial charge < -0.3 is 25.8 Å². The number of anilines is 3. The van der Waals surface area contributed by atoms with Crippen LogP contribution in [0, 0.1) is 0 Å². The number of benzene rings is 5. The number of nitrogens with one attached hydrogen (secondary N) is 4. The summed E-state index contributed by atoms with van der Waals surface area (Å²) in [5, 5.41) is 14.2. The highest BCUT2D eigenvalue weighted by molar-refractivity contribution is 6.15. The molecule has 0 aliphatic carbocycles. The first-order valence-electron chi connectivity index (χ1n) is 15.9. The minimum atomic E-state index is -0.441. The van der Waals surface area contributed by atoms with Crippen molar-refractivity contribution in [2.45, 2.75) is 27.3 Å². The maximum absolute atomic E-state index is 13.6. The van der Waals surface area contributed by atoms with Gasteiger partial charge in [0.2, 0.25) is 0 Å². The molecule has 8 nitrogen and oxygen atoms in total. The van der Waals surface area contributed by atoms with E-state index in [1.807, 2.05) is 85.8 Å². The molecule has 0 aliphatic rings. The Bertz CT molecular complexity index is 2120. The number of amides is 3. The Labute approximate surface area is 273 Å². The minimum Gasteiger partial charge on any atom is -0.385 e. The molecular weight excluding hydrogens is 586 g/mol. The van der Waals surface area contributed by atoms with Crippen LogP contribution < -0.4 is 21.3 Å². The molecule has 0 saturated heterocycles. The predicted molar refractivity (Wildman–Crippen MR) is 192 cm³/mol. The van der Waals surface area contributed by atoms with Crippen LogP contribution in [0.1, 0.15) is 51.8 Å². The number of fused-ring (bicyclic) bond motifs is 3. The normalized spacial score (nSPS) is 11.0. The second-order valence-corrected chi connectivity index (χ2v) is 11.2. The molecular formula is C39H37N5O3.